The summed E-state index contributed by atoms with van der Waals surface area (Å²) in [6.45, 7) is 1.69. The van der Waals surface area contributed by atoms with Gasteiger partial charge in [0.25, 0.3) is 0 Å². The molecule has 0 spiro atoms. The number of hydrogen-bond acceptors (Lipinski definition) is 7. The summed E-state index contributed by atoms with van der Waals surface area (Å²) in [4.78, 5) is 24.6. The molecule has 4 aliphatic rings. The minimum atomic E-state index is -4.48. The van der Waals surface area contributed by atoms with Gasteiger partial charge in [-0.25, -0.2) is 4.98 Å². The second kappa shape index (κ2) is 10.1. The molecule has 6 rings (SSSR count). The number of carbonyl (C=O) groups is 1. The van der Waals surface area contributed by atoms with Gasteiger partial charge >= 0.3 is 6.18 Å². The number of nitrogens with one attached hydrogen (secondary N) is 1. The van der Waals surface area contributed by atoms with Gasteiger partial charge in [0.2, 0.25) is 5.91 Å². The van der Waals surface area contributed by atoms with Crippen LogP contribution in [0.25, 0.3) is 0 Å². The number of rotatable bonds is 5. The molecular weight excluding hydrogens is 515 g/mol. The lowest BCUT2D eigenvalue weighted by Crippen LogP contribution is -2.51. The Labute approximate surface area is 225 Å². The standard InChI is InChI=1S/C27H34F3N5O4/c1-34-7-5-31-24(34)21-12-26(11-18(10-23(26)39-21)33-20-4-8-38-15-22(20)37-2)25(36)35-6-3-19-16(14-35)9-17(13-32-19)27(28,29)30/h5,7,9,13,18,20-23,33H,3-4,6,8,10-12,14-15H2,1-2H3. The van der Waals surface area contributed by atoms with E-state index in [1.165, 1.54) is 0 Å². The van der Waals surface area contributed by atoms with E-state index in [1.54, 1.807) is 18.2 Å². The topological polar surface area (TPSA) is 90.7 Å². The normalized spacial score (nSPS) is 32.7. The van der Waals surface area contributed by atoms with Crippen molar-refractivity contribution >= 4 is 5.91 Å². The molecule has 212 valence electrons. The third kappa shape index (κ3) is 4.85. The smallest absolute Gasteiger partial charge is 0.379 e. The highest BCUT2D eigenvalue weighted by Gasteiger charge is 2.61. The van der Waals surface area contributed by atoms with Crippen LogP contribution in [0.5, 0.6) is 0 Å². The van der Waals surface area contributed by atoms with E-state index in [4.69, 9.17) is 14.2 Å². The van der Waals surface area contributed by atoms with Crippen molar-refractivity contribution in [1.29, 1.82) is 0 Å². The second-order valence-electron chi connectivity index (χ2n) is 11.2. The van der Waals surface area contributed by atoms with Crippen molar-refractivity contribution in [2.45, 2.75) is 75.2 Å². The summed E-state index contributed by atoms with van der Waals surface area (Å²) < 4.78 is 59.7. The number of amides is 1. The van der Waals surface area contributed by atoms with Crippen molar-refractivity contribution in [3.8, 4) is 0 Å². The number of methoxy groups -OCH3 is 1. The lowest BCUT2D eigenvalue weighted by molar-refractivity contribution is -0.145. The van der Waals surface area contributed by atoms with Gasteiger partial charge in [0, 0.05) is 76.6 Å². The maximum absolute atomic E-state index is 14.4. The highest BCUT2D eigenvalue weighted by Crippen LogP contribution is 2.55. The van der Waals surface area contributed by atoms with E-state index in [2.05, 4.69) is 15.3 Å². The zero-order valence-corrected chi connectivity index (χ0v) is 22.1. The highest BCUT2D eigenvalue weighted by atomic mass is 19.4. The molecule has 1 N–H and O–H groups in total. The first-order valence-corrected chi connectivity index (χ1v) is 13.5. The number of carbonyl (C=O) groups excluding carboxylic acids is 1. The summed E-state index contributed by atoms with van der Waals surface area (Å²) in [7, 11) is 3.58. The number of aryl methyl sites for hydroxylation is 1. The summed E-state index contributed by atoms with van der Waals surface area (Å²) in [6.07, 6.45) is 2.19. The number of pyridine rings is 1. The minimum absolute atomic E-state index is 0.0394. The number of fused-ring (bicyclic) bond motifs is 2. The van der Waals surface area contributed by atoms with Gasteiger partial charge in [0.1, 0.15) is 11.9 Å². The molecule has 3 fully saturated rings. The van der Waals surface area contributed by atoms with Crippen molar-refractivity contribution in [3.63, 3.8) is 0 Å². The average Bonchev–Trinajstić information content (AvgIpc) is 3.59. The molecule has 0 aromatic carbocycles. The summed E-state index contributed by atoms with van der Waals surface area (Å²) in [5, 5.41) is 3.72. The zero-order valence-electron chi connectivity index (χ0n) is 22.1. The van der Waals surface area contributed by atoms with Crippen molar-refractivity contribution in [1.82, 2.24) is 24.8 Å². The quantitative estimate of drug-likeness (QED) is 0.614. The Hall–Kier alpha value is -2.54. The molecule has 2 aromatic rings. The van der Waals surface area contributed by atoms with E-state index in [1.807, 2.05) is 17.8 Å². The molecule has 0 radical (unpaired) electrons. The lowest BCUT2D eigenvalue weighted by atomic mass is 9.78. The molecule has 2 aromatic heterocycles. The zero-order chi connectivity index (χ0) is 27.4. The number of halogens is 3. The molecule has 1 aliphatic carbocycles. The van der Waals surface area contributed by atoms with Gasteiger partial charge in [-0.1, -0.05) is 0 Å². The van der Waals surface area contributed by atoms with E-state index in [-0.39, 0.29) is 42.8 Å². The fraction of sp³-hybridized carbons (Fsp3) is 0.667. The Bertz CT molecular complexity index is 1220. The SMILES string of the molecule is COC1COCCC1NC1CC2OC(c3nccn3C)CC2(C(=O)N2CCc3ncc(C(F)(F)F)cc3C2)C1. The predicted molar refractivity (Wildman–Crippen MR) is 132 cm³/mol. The number of alkyl halides is 3. The lowest BCUT2D eigenvalue weighted by Gasteiger charge is -2.37. The van der Waals surface area contributed by atoms with E-state index < -0.39 is 17.2 Å². The Balaban J connectivity index is 1.26. The molecule has 1 amide bonds. The van der Waals surface area contributed by atoms with Crippen molar-refractivity contribution in [3.05, 3.63) is 47.3 Å². The Morgan fingerprint density at radius 2 is 2.13 bits per heavy atom. The van der Waals surface area contributed by atoms with Gasteiger partial charge in [0.15, 0.2) is 0 Å². The molecule has 9 nitrogen and oxygen atoms in total. The van der Waals surface area contributed by atoms with Crippen LogP contribution in [-0.4, -0.2) is 76.5 Å². The van der Waals surface area contributed by atoms with Crippen molar-refractivity contribution < 1.29 is 32.2 Å². The monoisotopic (exact) mass is 549 g/mol. The number of imidazole rings is 1. The van der Waals surface area contributed by atoms with Crippen molar-refractivity contribution in [2.24, 2.45) is 12.5 Å². The van der Waals surface area contributed by atoms with Crippen molar-refractivity contribution in [2.75, 3.05) is 26.9 Å². The van der Waals surface area contributed by atoms with Crippen LogP contribution in [0.2, 0.25) is 0 Å². The Morgan fingerprint density at radius 3 is 2.87 bits per heavy atom. The van der Waals surface area contributed by atoms with Crippen LogP contribution in [0.1, 0.15) is 54.4 Å². The van der Waals surface area contributed by atoms with Crippen LogP contribution in [0, 0.1) is 5.41 Å². The molecule has 39 heavy (non-hydrogen) atoms. The van der Waals surface area contributed by atoms with Crippen LogP contribution in [0.3, 0.4) is 0 Å². The molecule has 0 bridgehead atoms. The van der Waals surface area contributed by atoms with E-state index in [0.29, 0.717) is 56.7 Å². The van der Waals surface area contributed by atoms with E-state index in [9.17, 15) is 18.0 Å². The summed E-state index contributed by atoms with van der Waals surface area (Å²) in [5.74, 6) is 0.708. The fourth-order valence-electron chi connectivity index (χ4n) is 6.90. The van der Waals surface area contributed by atoms with E-state index in [0.717, 1.165) is 24.5 Å². The number of ether oxygens (including phenoxy) is 3. The summed E-state index contributed by atoms with van der Waals surface area (Å²) >= 11 is 0. The number of aromatic nitrogens is 3. The summed E-state index contributed by atoms with van der Waals surface area (Å²) in [5.41, 5.74) is -0.519. The third-order valence-corrected chi connectivity index (χ3v) is 8.89. The van der Waals surface area contributed by atoms with Gasteiger partial charge in [-0.3, -0.25) is 9.78 Å². The fourth-order valence-corrected chi connectivity index (χ4v) is 6.90. The Morgan fingerprint density at radius 1 is 1.28 bits per heavy atom. The van der Waals surface area contributed by atoms with Crippen LogP contribution in [0.4, 0.5) is 13.2 Å². The Kier molecular flexibility index (Phi) is 6.93. The minimum Gasteiger partial charge on any atom is -0.379 e. The maximum atomic E-state index is 14.4. The van der Waals surface area contributed by atoms with Crippen LogP contribution >= 0.6 is 0 Å². The molecule has 6 unspecified atom stereocenters. The van der Waals surface area contributed by atoms with Gasteiger partial charge in [-0.05, 0) is 37.3 Å². The molecule has 1 saturated carbocycles. The molecular formula is C27H34F3N5O4. The number of nitrogens with zero attached hydrogens (tertiary/aromatic N) is 4. The second-order valence-corrected chi connectivity index (χ2v) is 11.2. The van der Waals surface area contributed by atoms with E-state index >= 15 is 0 Å². The molecule has 6 atom stereocenters. The number of hydrogen-bond donors (Lipinski definition) is 1. The van der Waals surface area contributed by atoms with Crippen LogP contribution < -0.4 is 5.32 Å². The first-order chi connectivity index (χ1) is 18.7. The molecule has 3 aliphatic heterocycles. The largest absolute Gasteiger partial charge is 0.417 e. The average molecular weight is 550 g/mol. The molecule has 2 saturated heterocycles. The van der Waals surface area contributed by atoms with Crippen LogP contribution in [-0.2, 0) is 45.2 Å². The summed E-state index contributed by atoms with van der Waals surface area (Å²) in [6, 6.07) is 1.28. The van der Waals surface area contributed by atoms with Crippen LogP contribution in [0.15, 0.2) is 24.7 Å². The first-order valence-electron chi connectivity index (χ1n) is 13.5. The van der Waals surface area contributed by atoms with Gasteiger partial charge in [-0.15, -0.1) is 0 Å². The highest BCUT2D eigenvalue weighted by molar-refractivity contribution is 5.84. The third-order valence-electron chi connectivity index (χ3n) is 8.89. The molecule has 12 heteroatoms. The maximum Gasteiger partial charge on any atom is 0.417 e. The predicted octanol–water partition coefficient (Wildman–Crippen LogP) is 2.79. The first kappa shape index (κ1) is 26.7. The molecule has 5 heterocycles. The van der Waals surface area contributed by atoms with Gasteiger partial charge < -0.3 is 29.0 Å². The van der Waals surface area contributed by atoms with Gasteiger partial charge in [0.05, 0.1) is 29.8 Å². The van der Waals surface area contributed by atoms with Gasteiger partial charge in [-0.2, -0.15) is 13.2 Å².